The smallest absolute Gasteiger partial charge is 0.311 e. The van der Waals surface area contributed by atoms with Gasteiger partial charge < -0.3 is 9.69 Å². The van der Waals surface area contributed by atoms with Crippen LogP contribution in [0.1, 0.15) is 41.5 Å². The Labute approximate surface area is 267 Å². The van der Waals surface area contributed by atoms with Crippen molar-refractivity contribution in [2.45, 2.75) is 52.6 Å². The van der Waals surface area contributed by atoms with Crippen molar-refractivity contribution in [2.75, 3.05) is 12.3 Å². The maximum Gasteiger partial charge on any atom is 1.00 e. The van der Waals surface area contributed by atoms with Crippen LogP contribution in [0, 0.1) is 13.1 Å². The van der Waals surface area contributed by atoms with Crippen LogP contribution in [0.4, 0.5) is 0 Å². The molecule has 0 heterocycles. The van der Waals surface area contributed by atoms with Gasteiger partial charge >= 0.3 is 22.4 Å². The van der Waals surface area contributed by atoms with E-state index < -0.39 is 15.8 Å². The van der Waals surface area contributed by atoms with Crippen LogP contribution in [0.25, 0.3) is 9.69 Å². The molecule has 0 aromatic heterocycles. The molecule has 0 bridgehead atoms. The molecule has 0 aliphatic rings. The molecule has 0 amide bonds. The largest absolute Gasteiger partial charge is 1.00 e. The molecular formula is C36H44AgN2P2+3. The molecule has 0 aliphatic carbocycles. The van der Waals surface area contributed by atoms with E-state index in [-0.39, 0.29) is 33.5 Å². The quantitative estimate of drug-likeness (QED) is 0.106. The number of rotatable bonds is 7. The maximum absolute atomic E-state index is 6.48. The number of hydrogen-bond acceptors (Lipinski definition) is 0. The van der Waals surface area contributed by atoms with Crippen LogP contribution < -0.4 is 21.2 Å². The van der Waals surface area contributed by atoms with Crippen molar-refractivity contribution in [1.29, 1.82) is 0 Å². The standard InChI is InChI=1S/C26H24P2.2C5H9N.Ag/c1-5-13-23(14-6-1)27(24-15-7-2-8-16-24)21-22-28(25-17-9-3-10-18-25)26-19-11-4-12-20-26;2*1-5(2,3)6-4;/h1-20H,21-22H2;2*1-3H3;/q;;;+1/p+2. The van der Waals surface area contributed by atoms with Crippen LogP contribution in [0.3, 0.4) is 0 Å². The van der Waals surface area contributed by atoms with Crippen molar-refractivity contribution in [1.82, 2.24) is 0 Å². The Hall–Kier alpha value is -2.54. The fourth-order valence-corrected chi connectivity index (χ4v) is 9.92. The van der Waals surface area contributed by atoms with E-state index in [1.54, 1.807) is 0 Å². The zero-order chi connectivity index (χ0) is 29.4. The molecule has 0 fully saturated rings. The Morgan fingerprint density at radius 1 is 0.439 bits per heavy atom. The van der Waals surface area contributed by atoms with Crippen LogP contribution in [0.2, 0.25) is 0 Å². The van der Waals surface area contributed by atoms with Crippen molar-refractivity contribution in [2.24, 2.45) is 0 Å². The maximum atomic E-state index is 6.48. The minimum Gasteiger partial charge on any atom is -0.311 e. The number of benzene rings is 4. The van der Waals surface area contributed by atoms with E-state index in [0.29, 0.717) is 0 Å². The summed E-state index contributed by atoms with van der Waals surface area (Å²) >= 11 is 0. The molecule has 0 spiro atoms. The summed E-state index contributed by atoms with van der Waals surface area (Å²) in [5, 5.41) is 6.06. The fourth-order valence-electron chi connectivity index (χ4n) is 3.72. The van der Waals surface area contributed by atoms with E-state index in [1.165, 1.54) is 33.5 Å². The molecule has 5 heteroatoms. The summed E-state index contributed by atoms with van der Waals surface area (Å²) in [5.41, 5.74) is -0.333. The van der Waals surface area contributed by atoms with Crippen LogP contribution >= 0.6 is 15.8 Å². The Morgan fingerprint density at radius 3 is 0.756 bits per heavy atom. The first-order chi connectivity index (χ1) is 19.0. The third-order valence-corrected chi connectivity index (χ3v) is 11.9. The van der Waals surface area contributed by atoms with Gasteiger partial charge in [-0.2, -0.15) is 0 Å². The second-order valence-electron chi connectivity index (χ2n) is 11.5. The summed E-state index contributed by atoms with van der Waals surface area (Å²) in [6.45, 7) is 24.3. The second-order valence-corrected chi connectivity index (χ2v) is 16.7. The van der Waals surface area contributed by atoms with Crippen molar-refractivity contribution >= 4 is 37.1 Å². The zero-order valence-corrected chi connectivity index (χ0v) is 28.6. The topological polar surface area (TPSA) is 8.72 Å². The van der Waals surface area contributed by atoms with Crippen LogP contribution in [-0.4, -0.2) is 23.4 Å². The van der Waals surface area contributed by atoms with Crippen molar-refractivity contribution in [3.05, 3.63) is 144 Å². The van der Waals surface area contributed by atoms with Gasteiger partial charge in [-0.25, -0.2) is 13.1 Å². The van der Waals surface area contributed by atoms with E-state index in [9.17, 15) is 0 Å². The Kier molecular flexibility index (Phi) is 16.7. The summed E-state index contributed by atoms with van der Waals surface area (Å²) in [6, 6.07) is 44.5. The monoisotopic (exact) mass is 673 g/mol. The predicted octanol–water partition coefficient (Wildman–Crippen LogP) is 8.12. The van der Waals surface area contributed by atoms with Gasteiger partial charge in [-0.3, -0.25) is 0 Å². The van der Waals surface area contributed by atoms with Gasteiger partial charge in [-0.1, -0.05) is 72.8 Å². The van der Waals surface area contributed by atoms with Crippen molar-refractivity contribution in [3.8, 4) is 0 Å². The van der Waals surface area contributed by atoms with E-state index in [0.717, 1.165) is 0 Å². The minimum atomic E-state index is -0.783. The van der Waals surface area contributed by atoms with E-state index in [4.69, 9.17) is 13.1 Å². The predicted molar refractivity (Wildman–Crippen MR) is 183 cm³/mol. The van der Waals surface area contributed by atoms with Gasteiger partial charge in [0.1, 0.15) is 12.3 Å². The summed E-state index contributed by atoms with van der Waals surface area (Å²) in [4.78, 5) is 6.54. The van der Waals surface area contributed by atoms with Gasteiger partial charge in [0.05, 0.1) is 37.1 Å². The normalized spacial score (nSPS) is 10.6. The molecule has 4 aromatic carbocycles. The van der Waals surface area contributed by atoms with Crippen LogP contribution in [-0.2, 0) is 22.4 Å². The van der Waals surface area contributed by atoms with E-state index >= 15 is 0 Å². The first-order valence-electron chi connectivity index (χ1n) is 13.7. The molecule has 2 nitrogen and oxygen atoms in total. The van der Waals surface area contributed by atoms with Gasteiger partial charge in [0.2, 0.25) is 11.1 Å². The van der Waals surface area contributed by atoms with E-state index in [1.807, 2.05) is 41.5 Å². The third-order valence-electron chi connectivity index (χ3n) is 5.78. The first-order valence-corrected chi connectivity index (χ1v) is 17.2. The molecule has 0 radical (unpaired) electrons. The van der Waals surface area contributed by atoms with Gasteiger partial charge in [0.15, 0.2) is 0 Å². The Morgan fingerprint density at radius 2 is 0.610 bits per heavy atom. The average Bonchev–Trinajstić information content (AvgIpc) is 2.97. The van der Waals surface area contributed by atoms with Crippen molar-refractivity contribution in [3.63, 3.8) is 0 Å². The Bertz CT molecular complexity index is 1130. The molecule has 0 aliphatic heterocycles. The van der Waals surface area contributed by atoms with Gasteiger partial charge in [0.25, 0.3) is 0 Å². The first kappa shape index (κ1) is 36.5. The van der Waals surface area contributed by atoms with Crippen LogP contribution in [0.5, 0.6) is 0 Å². The minimum absolute atomic E-state index is 0. The summed E-state index contributed by atoms with van der Waals surface area (Å²) < 4.78 is 0. The van der Waals surface area contributed by atoms with Gasteiger partial charge in [-0.15, -0.1) is 0 Å². The molecule has 0 saturated heterocycles. The molecule has 0 atom stereocenters. The van der Waals surface area contributed by atoms with Crippen molar-refractivity contribution < 1.29 is 22.4 Å². The molecule has 0 N–H and O–H groups in total. The average molecular weight is 675 g/mol. The number of nitrogens with zero attached hydrogens (tertiary/aromatic N) is 2. The molecule has 0 saturated carbocycles. The molecule has 0 unspecified atom stereocenters. The molecule has 4 aromatic rings. The SMILES string of the molecule is [Ag+].[C-]#[N+]C(C)(C)C.[C-]#[N+]C(C)(C)C.c1ccc([PH+](CC[PH+](c2ccccc2)c2ccccc2)c2ccccc2)cc1. The zero-order valence-electron chi connectivity index (χ0n) is 25.2. The van der Waals surface area contributed by atoms with Gasteiger partial charge in [0, 0.05) is 41.5 Å². The molecule has 216 valence electrons. The molecular weight excluding hydrogens is 630 g/mol. The summed E-state index contributed by atoms with van der Waals surface area (Å²) in [5.74, 6) is 0. The number of hydrogen-bond donors (Lipinski definition) is 0. The third kappa shape index (κ3) is 14.8. The Balaban J connectivity index is 0.000000547. The summed E-state index contributed by atoms with van der Waals surface area (Å²) in [6.07, 6.45) is 2.52. The summed E-state index contributed by atoms with van der Waals surface area (Å²) in [7, 11) is -1.57. The molecule has 4 rings (SSSR count). The van der Waals surface area contributed by atoms with Crippen LogP contribution in [0.15, 0.2) is 121 Å². The second kappa shape index (κ2) is 18.8. The van der Waals surface area contributed by atoms with Gasteiger partial charge in [-0.05, 0) is 48.5 Å². The fraction of sp³-hybridized carbons (Fsp3) is 0.278. The molecule has 41 heavy (non-hydrogen) atoms. The van der Waals surface area contributed by atoms with E-state index in [2.05, 4.69) is 131 Å².